The fourth-order valence-corrected chi connectivity index (χ4v) is 1.97. The number of benzene rings is 1. The first kappa shape index (κ1) is 14.9. The average molecular weight is 275 g/mol. The van der Waals surface area contributed by atoms with E-state index in [4.69, 9.17) is 10.5 Å². The van der Waals surface area contributed by atoms with Gasteiger partial charge in [0.05, 0.1) is 5.75 Å². The molecule has 1 aromatic rings. The molecule has 0 aliphatic heterocycles. The summed E-state index contributed by atoms with van der Waals surface area (Å²) in [5, 5.41) is 0. The molecule has 0 radical (unpaired) electrons. The maximum Gasteiger partial charge on any atom is 0.165 e. The number of nitrogens with two attached hydrogens (primary N) is 1. The van der Waals surface area contributed by atoms with Gasteiger partial charge in [-0.2, -0.15) is 0 Å². The van der Waals surface area contributed by atoms with Gasteiger partial charge in [0.25, 0.3) is 0 Å². The van der Waals surface area contributed by atoms with Crippen molar-refractivity contribution in [1.29, 1.82) is 0 Å². The van der Waals surface area contributed by atoms with Crippen molar-refractivity contribution in [3.8, 4) is 5.75 Å². The SMILES string of the molecule is CCS(=O)(=O)CCOc1ccc([C@H](C)N)cc1F. The maximum atomic E-state index is 13.6. The van der Waals surface area contributed by atoms with Gasteiger partial charge in [0.2, 0.25) is 0 Å². The topological polar surface area (TPSA) is 69.4 Å². The third-order valence-corrected chi connectivity index (χ3v) is 4.24. The van der Waals surface area contributed by atoms with Crippen LogP contribution in [0.1, 0.15) is 25.5 Å². The molecule has 0 bridgehead atoms. The summed E-state index contributed by atoms with van der Waals surface area (Å²) in [6, 6.07) is 4.17. The summed E-state index contributed by atoms with van der Waals surface area (Å²) in [6.45, 7) is 3.26. The molecule has 0 unspecified atom stereocenters. The second kappa shape index (κ2) is 6.15. The number of hydrogen-bond acceptors (Lipinski definition) is 4. The highest BCUT2D eigenvalue weighted by Gasteiger charge is 2.10. The first-order valence-electron chi connectivity index (χ1n) is 5.74. The molecule has 0 saturated heterocycles. The molecule has 102 valence electrons. The fourth-order valence-electron chi connectivity index (χ4n) is 1.34. The Bertz CT molecular complexity index is 500. The van der Waals surface area contributed by atoms with Crippen molar-refractivity contribution >= 4 is 9.84 Å². The summed E-state index contributed by atoms with van der Waals surface area (Å²) in [7, 11) is -3.09. The van der Waals surface area contributed by atoms with E-state index < -0.39 is 15.7 Å². The van der Waals surface area contributed by atoms with Crippen LogP contribution in [0.25, 0.3) is 0 Å². The smallest absolute Gasteiger partial charge is 0.165 e. The van der Waals surface area contributed by atoms with Crippen molar-refractivity contribution in [2.24, 2.45) is 5.73 Å². The summed E-state index contributed by atoms with van der Waals surface area (Å²) >= 11 is 0. The first-order chi connectivity index (χ1) is 8.35. The minimum atomic E-state index is -3.09. The predicted molar refractivity (Wildman–Crippen MR) is 68.8 cm³/mol. The van der Waals surface area contributed by atoms with Gasteiger partial charge in [-0.15, -0.1) is 0 Å². The van der Waals surface area contributed by atoms with E-state index >= 15 is 0 Å². The molecule has 1 atom stereocenters. The largest absolute Gasteiger partial charge is 0.489 e. The van der Waals surface area contributed by atoms with E-state index in [9.17, 15) is 12.8 Å². The van der Waals surface area contributed by atoms with Crippen molar-refractivity contribution in [1.82, 2.24) is 0 Å². The second-order valence-corrected chi connectivity index (χ2v) is 6.54. The second-order valence-electron chi connectivity index (χ2n) is 4.06. The Morgan fingerprint density at radius 2 is 2.11 bits per heavy atom. The summed E-state index contributed by atoms with van der Waals surface area (Å²) < 4.78 is 41.2. The third-order valence-electron chi connectivity index (χ3n) is 2.57. The van der Waals surface area contributed by atoms with Crippen LogP contribution in [0, 0.1) is 5.82 Å². The van der Waals surface area contributed by atoms with Gasteiger partial charge in [0.1, 0.15) is 6.61 Å². The van der Waals surface area contributed by atoms with Crippen LogP contribution in [0.3, 0.4) is 0 Å². The molecule has 0 saturated carbocycles. The standard InChI is InChI=1S/C12H18FNO3S/c1-3-18(15,16)7-6-17-12-5-4-10(9(2)14)8-11(12)13/h4-5,8-9H,3,6-7,14H2,1-2H3/t9-/m0/s1. The normalized spacial score (nSPS) is 13.3. The fraction of sp³-hybridized carbons (Fsp3) is 0.500. The van der Waals surface area contributed by atoms with Crippen LogP contribution in [0.2, 0.25) is 0 Å². The van der Waals surface area contributed by atoms with E-state index in [1.807, 2.05) is 0 Å². The van der Waals surface area contributed by atoms with Gasteiger partial charge in [0, 0.05) is 11.8 Å². The highest BCUT2D eigenvalue weighted by Crippen LogP contribution is 2.21. The van der Waals surface area contributed by atoms with Crippen molar-refractivity contribution in [2.45, 2.75) is 19.9 Å². The molecule has 0 aliphatic carbocycles. The maximum absolute atomic E-state index is 13.6. The average Bonchev–Trinajstić information content (AvgIpc) is 2.31. The van der Waals surface area contributed by atoms with Gasteiger partial charge in [-0.05, 0) is 24.6 Å². The van der Waals surface area contributed by atoms with Gasteiger partial charge in [0.15, 0.2) is 21.4 Å². The van der Waals surface area contributed by atoms with Gasteiger partial charge in [-0.3, -0.25) is 0 Å². The van der Waals surface area contributed by atoms with Crippen LogP contribution in [0.15, 0.2) is 18.2 Å². The van der Waals surface area contributed by atoms with E-state index in [-0.39, 0.29) is 29.9 Å². The van der Waals surface area contributed by atoms with Gasteiger partial charge in [-0.25, -0.2) is 12.8 Å². The molecular formula is C12H18FNO3S. The lowest BCUT2D eigenvalue weighted by Gasteiger charge is -2.10. The minimum Gasteiger partial charge on any atom is -0.489 e. The Labute approximate surface area is 107 Å². The highest BCUT2D eigenvalue weighted by molar-refractivity contribution is 7.91. The van der Waals surface area contributed by atoms with E-state index in [0.717, 1.165) is 0 Å². The minimum absolute atomic E-state index is 0.0469. The van der Waals surface area contributed by atoms with Crippen molar-refractivity contribution in [3.05, 3.63) is 29.6 Å². The van der Waals surface area contributed by atoms with E-state index in [2.05, 4.69) is 0 Å². The zero-order chi connectivity index (χ0) is 13.8. The molecule has 0 fully saturated rings. The highest BCUT2D eigenvalue weighted by atomic mass is 32.2. The quantitative estimate of drug-likeness (QED) is 0.857. The van der Waals surface area contributed by atoms with Gasteiger partial charge >= 0.3 is 0 Å². The molecule has 0 aromatic heterocycles. The summed E-state index contributed by atoms with van der Waals surface area (Å²) in [5.74, 6) is -0.537. The summed E-state index contributed by atoms with van der Waals surface area (Å²) in [6.07, 6.45) is 0. The molecule has 1 aromatic carbocycles. The number of sulfone groups is 1. The monoisotopic (exact) mass is 275 g/mol. The Morgan fingerprint density at radius 3 is 2.61 bits per heavy atom. The van der Waals surface area contributed by atoms with Crippen LogP contribution in [0.4, 0.5) is 4.39 Å². The Kier molecular flexibility index (Phi) is 5.10. The summed E-state index contributed by atoms with van der Waals surface area (Å²) in [5.41, 5.74) is 6.29. The molecule has 18 heavy (non-hydrogen) atoms. The lowest BCUT2D eigenvalue weighted by molar-refractivity contribution is 0.322. The Morgan fingerprint density at radius 1 is 1.44 bits per heavy atom. The van der Waals surface area contributed by atoms with Crippen LogP contribution in [-0.2, 0) is 9.84 Å². The lowest BCUT2D eigenvalue weighted by atomic mass is 10.1. The number of hydrogen-bond donors (Lipinski definition) is 1. The predicted octanol–water partition coefficient (Wildman–Crippen LogP) is 1.66. The van der Waals surface area contributed by atoms with Crippen LogP contribution in [0.5, 0.6) is 5.75 Å². The van der Waals surface area contributed by atoms with E-state index in [0.29, 0.717) is 5.56 Å². The zero-order valence-electron chi connectivity index (χ0n) is 10.5. The van der Waals surface area contributed by atoms with Gasteiger partial charge < -0.3 is 10.5 Å². The van der Waals surface area contributed by atoms with Gasteiger partial charge in [-0.1, -0.05) is 13.0 Å². The van der Waals surface area contributed by atoms with E-state index in [1.54, 1.807) is 19.9 Å². The molecule has 4 nitrogen and oxygen atoms in total. The zero-order valence-corrected chi connectivity index (χ0v) is 11.3. The molecule has 2 N–H and O–H groups in total. The molecule has 6 heteroatoms. The molecule has 0 heterocycles. The van der Waals surface area contributed by atoms with Crippen LogP contribution in [-0.4, -0.2) is 26.5 Å². The number of halogens is 1. The van der Waals surface area contributed by atoms with E-state index in [1.165, 1.54) is 12.1 Å². The Balaban J connectivity index is 2.64. The first-order valence-corrected chi connectivity index (χ1v) is 7.56. The van der Waals surface area contributed by atoms with Crippen molar-refractivity contribution in [3.63, 3.8) is 0 Å². The molecular weight excluding hydrogens is 257 g/mol. The molecule has 1 rings (SSSR count). The van der Waals surface area contributed by atoms with Crippen LogP contribution >= 0.6 is 0 Å². The third kappa shape index (κ3) is 4.27. The number of ether oxygens (including phenoxy) is 1. The Hall–Kier alpha value is -1.14. The molecule has 0 spiro atoms. The molecule has 0 amide bonds. The van der Waals surface area contributed by atoms with Crippen molar-refractivity contribution < 1.29 is 17.5 Å². The molecule has 0 aliphatic rings. The van der Waals surface area contributed by atoms with Crippen LogP contribution < -0.4 is 10.5 Å². The number of rotatable bonds is 6. The lowest BCUT2D eigenvalue weighted by Crippen LogP contribution is -2.16. The van der Waals surface area contributed by atoms with Crippen molar-refractivity contribution in [2.75, 3.05) is 18.1 Å². The summed E-state index contributed by atoms with van der Waals surface area (Å²) in [4.78, 5) is 0.